The minimum Gasteiger partial charge on any atom is -0.478 e. The summed E-state index contributed by atoms with van der Waals surface area (Å²) >= 11 is 6.03. The second-order valence-corrected chi connectivity index (χ2v) is 10.7. The molecule has 1 heterocycles. The highest BCUT2D eigenvalue weighted by Crippen LogP contribution is 2.24. The Kier molecular flexibility index (Phi) is 8.32. The molecule has 1 aromatic heterocycles. The van der Waals surface area contributed by atoms with E-state index in [4.69, 9.17) is 16.7 Å². The molecule has 3 N–H and O–H groups in total. The van der Waals surface area contributed by atoms with Gasteiger partial charge in [-0.15, -0.1) is 5.10 Å². The molecule has 1 atom stereocenters. The summed E-state index contributed by atoms with van der Waals surface area (Å²) in [6.45, 7) is 0. The summed E-state index contributed by atoms with van der Waals surface area (Å²) in [6, 6.07) is 17.2. The molecule has 39 heavy (non-hydrogen) atoms. The van der Waals surface area contributed by atoms with Crippen LogP contribution in [0.3, 0.4) is 0 Å². The van der Waals surface area contributed by atoms with E-state index in [0.717, 1.165) is 10.2 Å². The van der Waals surface area contributed by atoms with Gasteiger partial charge in [-0.25, -0.2) is 13.2 Å². The molecule has 0 aliphatic rings. The second kappa shape index (κ2) is 11.8. The maximum absolute atomic E-state index is 13.2. The molecule has 4 rings (SSSR count). The zero-order chi connectivity index (χ0) is 28.0. The Hall–Kier alpha value is -4.62. The highest BCUT2D eigenvalue weighted by Gasteiger charge is 2.28. The molecule has 0 aliphatic carbocycles. The zero-order valence-corrected chi connectivity index (χ0v) is 21.6. The number of nitrogens with zero attached hydrogens (tertiary/aromatic N) is 4. The van der Waals surface area contributed by atoms with Gasteiger partial charge in [0.15, 0.2) is 9.84 Å². The van der Waals surface area contributed by atoms with Gasteiger partial charge in [0, 0.05) is 17.1 Å². The Morgan fingerprint density at radius 2 is 1.72 bits per heavy atom. The van der Waals surface area contributed by atoms with E-state index in [1.54, 1.807) is 30.3 Å². The number of hydrogen-bond acceptors (Lipinski definition) is 8. The Balaban J connectivity index is 1.55. The molecular formula is C25H21ClN6O6S. The zero-order valence-electron chi connectivity index (χ0n) is 20.1. The SMILES string of the molecule is O=C(CS(=O)(=O)c1cc(Cl)ccc1-n1cnnn1)N[C@@H](Cc1ccccc1)C(=O)Nc1ccc(C(=O)O)cc1. The molecule has 2 amide bonds. The van der Waals surface area contributed by atoms with Gasteiger partial charge in [0.05, 0.1) is 16.1 Å². The summed E-state index contributed by atoms with van der Waals surface area (Å²) in [7, 11) is -4.25. The van der Waals surface area contributed by atoms with Gasteiger partial charge in [-0.3, -0.25) is 9.59 Å². The number of carbonyl (C=O) groups is 3. The van der Waals surface area contributed by atoms with Crippen molar-refractivity contribution in [2.24, 2.45) is 0 Å². The van der Waals surface area contributed by atoms with Crippen molar-refractivity contribution in [2.45, 2.75) is 17.4 Å². The summed E-state index contributed by atoms with van der Waals surface area (Å²) in [5.74, 6) is -3.64. The molecule has 12 nitrogen and oxygen atoms in total. The number of nitrogens with one attached hydrogen (secondary N) is 2. The molecule has 0 fully saturated rings. The molecule has 3 aromatic carbocycles. The molecule has 0 bridgehead atoms. The van der Waals surface area contributed by atoms with Gasteiger partial charge in [-0.2, -0.15) is 4.68 Å². The molecule has 0 saturated carbocycles. The number of aromatic carboxylic acids is 1. The summed E-state index contributed by atoms with van der Waals surface area (Å²) in [5, 5.41) is 25.0. The number of rotatable bonds is 10. The van der Waals surface area contributed by atoms with E-state index < -0.39 is 39.4 Å². The predicted molar refractivity (Wildman–Crippen MR) is 140 cm³/mol. The Bertz CT molecular complexity index is 1600. The molecular weight excluding hydrogens is 548 g/mol. The van der Waals surface area contributed by atoms with E-state index in [-0.39, 0.29) is 27.6 Å². The van der Waals surface area contributed by atoms with Gasteiger partial charge in [0.2, 0.25) is 11.8 Å². The lowest BCUT2D eigenvalue weighted by Gasteiger charge is -2.19. The first-order valence-corrected chi connectivity index (χ1v) is 13.4. The van der Waals surface area contributed by atoms with Crippen molar-refractivity contribution in [1.29, 1.82) is 0 Å². The topological polar surface area (TPSA) is 173 Å². The summed E-state index contributed by atoms with van der Waals surface area (Å²) < 4.78 is 27.6. The second-order valence-electron chi connectivity index (χ2n) is 8.31. The fourth-order valence-electron chi connectivity index (χ4n) is 3.67. The number of amides is 2. The maximum atomic E-state index is 13.2. The van der Waals surface area contributed by atoms with Crippen molar-refractivity contribution in [2.75, 3.05) is 11.1 Å². The number of benzene rings is 3. The average Bonchev–Trinajstić information content (AvgIpc) is 3.44. The van der Waals surface area contributed by atoms with Crippen LogP contribution in [0.2, 0.25) is 5.02 Å². The number of tetrazole rings is 1. The normalized spacial score (nSPS) is 11.9. The van der Waals surface area contributed by atoms with Crippen LogP contribution in [0.25, 0.3) is 5.69 Å². The number of aromatic nitrogens is 4. The summed E-state index contributed by atoms with van der Waals surface area (Å²) in [5.41, 5.74) is 1.16. The van der Waals surface area contributed by atoms with Crippen LogP contribution in [-0.2, 0) is 25.8 Å². The lowest BCUT2D eigenvalue weighted by molar-refractivity contribution is -0.125. The predicted octanol–water partition coefficient (Wildman–Crippen LogP) is 2.15. The van der Waals surface area contributed by atoms with Crippen LogP contribution in [0.15, 0.2) is 84.0 Å². The van der Waals surface area contributed by atoms with Gasteiger partial charge in [-0.05, 0) is 58.5 Å². The van der Waals surface area contributed by atoms with Crippen molar-refractivity contribution in [1.82, 2.24) is 25.5 Å². The quantitative estimate of drug-likeness (QED) is 0.259. The van der Waals surface area contributed by atoms with Crippen LogP contribution < -0.4 is 10.6 Å². The van der Waals surface area contributed by atoms with E-state index in [2.05, 4.69) is 26.2 Å². The molecule has 0 spiro atoms. The lowest BCUT2D eigenvalue weighted by atomic mass is 10.0. The van der Waals surface area contributed by atoms with Crippen LogP contribution in [0.1, 0.15) is 15.9 Å². The van der Waals surface area contributed by atoms with E-state index in [1.165, 1.54) is 48.8 Å². The van der Waals surface area contributed by atoms with Gasteiger partial charge >= 0.3 is 5.97 Å². The minimum absolute atomic E-state index is 0.0365. The molecule has 4 aromatic rings. The van der Waals surface area contributed by atoms with Gasteiger partial charge in [-0.1, -0.05) is 41.9 Å². The third kappa shape index (κ3) is 7.03. The van der Waals surface area contributed by atoms with Crippen molar-refractivity contribution < 1.29 is 27.9 Å². The Morgan fingerprint density at radius 3 is 2.36 bits per heavy atom. The van der Waals surface area contributed by atoms with Gasteiger partial charge < -0.3 is 15.7 Å². The molecule has 0 saturated heterocycles. The van der Waals surface area contributed by atoms with Crippen LogP contribution in [0.4, 0.5) is 5.69 Å². The molecule has 14 heteroatoms. The van der Waals surface area contributed by atoms with Crippen LogP contribution in [0.5, 0.6) is 0 Å². The van der Waals surface area contributed by atoms with Crippen LogP contribution in [0, 0.1) is 0 Å². The van der Waals surface area contributed by atoms with Crippen molar-refractivity contribution in [3.05, 3.63) is 95.3 Å². The highest BCUT2D eigenvalue weighted by molar-refractivity contribution is 7.92. The van der Waals surface area contributed by atoms with Gasteiger partial charge in [0.1, 0.15) is 18.1 Å². The maximum Gasteiger partial charge on any atom is 0.335 e. The fourth-order valence-corrected chi connectivity index (χ4v) is 5.28. The number of carbonyl (C=O) groups excluding carboxylic acids is 2. The number of hydrogen-bond donors (Lipinski definition) is 3. The smallest absolute Gasteiger partial charge is 0.335 e. The molecule has 0 radical (unpaired) electrons. The third-order valence-electron chi connectivity index (χ3n) is 5.51. The Labute approximate surface area is 227 Å². The first-order valence-electron chi connectivity index (χ1n) is 11.4. The first-order chi connectivity index (χ1) is 18.6. The number of anilines is 1. The van der Waals surface area contributed by atoms with E-state index in [0.29, 0.717) is 5.69 Å². The van der Waals surface area contributed by atoms with E-state index >= 15 is 0 Å². The van der Waals surface area contributed by atoms with Crippen molar-refractivity contribution >= 4 is 44.9 Å². The van der Waals surface area contributed by atoms with E-state index in [9.17, 15) is 22.8 Å². The minimum atomic E-state index is -4.25. The summed E-state index contributed by atoms with van der Waals surface area (Å²) in [4.78, 5) is 36.9. The van der Waals surface area contributed by atoms with Crippen molar-refractivity contribution in [3.63, 3.8) is 0 Å². The number of carboxylic acid groups (broad SMARTS) is 1. The average molecular weight is 569 g/mol. The molecule has 200 valence electrons. The van der Waals surface area contributed by atoms with Crippen molar-refractivity contribution in [3.8, 4) is 5.69 Å². The lowest BCUT2D eigenvalue weighted by Crippen LogP contribution is -2.47. The molecule has 0 aliphatic heterocycles. The third-order valence-corrected chi connectivity index (χ3v) is 7.38. The number of carboxylic acids is 1. The highest BCUT2D eigenvalue weighted by atomic mass is 35.5. The largest absolute Gasteiger partial charge is 0.478 e. The van der Waals surface area contributed by atoms with Crippen LogP contribution in [-0.4, -0.2) is 63.3 Å². The van der Waals surface area contributed by atoms with Gasteiger partial charge in [0.25, 0.3) is 0 Å². The summed E-state index contributed by atoms with van der Waals surface area (Å²) in [6.07, 6.45) is 1.27. The van der Waals surface area contributed by atoms with Crippen LogP contribution >= 0.6 is 11.6 Å². The number of halogens is 1. The standard InChI is InChI=1S/C25H21ClN6O6S/c26-18-8-11-21(32-15-27-30-31-32)22(13-18)39(37,38)14-23(33)29-20(12-16-4-2-1-3-5-16)24(34)28-19-9-6-17(7-10-19)25(35)36/h1-11,13,15,20H,12,14H2,(H,28,34)(H,29,33)(H,35,36)/t20-/m0/s1. The monoisotopic (exact) mass is 568 g/mol. The first kappa shape index (κ1) is 27.4. The fraction of sp³-hybridized carbons (Fsp3) is 0.120. The molecule has 0 unspecified atom stereocenters. The Morgan fingerprint density at radius 1 is 1.00 bits per heavy atom. The van der Waals surface area contributed by atoms with E-state index in [1.807, 2.05) is 0 Å². The number of sulfone groups is 1.